The highest BCUT2D eigenvalue weighted by molar-refractivity contribution is 9.11. The normalized spacial score (nSPS) is 11.1. The van der Waals surface area contributed by atoms with Crippen LogP contribution in [0.15, 0.2) is 26.0 Å². The van der Waals surface area contributed by atoms with Gasteiger partial charge in [-0.3, -0.25) is 0 Å². The Kier molecular flexibility index (Phi) is 6.62. The first-order valence-electron chi connectivity index (χ1n) is 5.83. The molecule has 0 radical (unpaired) electrons. The zero-order chi connectivity index (χ0) is 16.0. The molecule has 0 spiro atoms. The molecule has 0 aliphatic heterocycles. The first kappa shape index (κ1) is 17.9. The van der Waals surface area contributed by atoms with Crippen LogP contribution in [-0.4, -0.2) is 25.8 Å². The van der Waals surface area contributed by atoms with E-state index < -0.39 is 10.0 Å². The molecule has 0 saturated carbocycles. The van der Waals surface area contributed by atoms with Crippen LogP contribution in [0.2, 0.25) is 0 Å². The van der Waals surface area contributed by atoms with E-state index in [4.69, 9.17) is 16.3 Å². The van der Waals surface area contributed by atoms with E-state index in [0.29, 0.717) is 14.6 Å². The molecule has 0 atom stereocenters. The summed E-state index contributed by atoms with van der Waals surface area (Å²) in [6.45, 7) is 0.0630. The molecule has 0 bridgehead atoms. The van der Waals surface area contributed by atoms with Gasteiger partial charge in [0.2, 0.25) is 10.0 Å². The van der Waals surface area contributed by atoms with Crippen molar-refractivity contribution in [2.24, 2.45) is 0 Å². The molecule has 1 aromatic rings. The molecule has 6 nitrogen and oxygen atoms in total. The number of nitrogens with zero attached hydrogens (tertiary/aromatic N) is 3. The molecule has 0 unspecified atom stereocenters. The first-order chi connectivity index (χ1) is 9.84. The number of hydrogen-bond acceptors (Lipinski definition) is 5. The Balaban J connectivity index is 3.29. The minimum Gasteiger partial charge on any atom is -0.399 e. The second kappa shape index (κ2) is 7.76. The number of nitrogen functional groups attached to an aromatic ring is 1. The van der Waals surface area contributed by atoms with Crippen molar-refractivity contribution in [1.82, 2.24) is 4.31 Å². The zero-order valence-electron chi connectivity index (χ0n) is 10.9. The van der Waals surface area contributed by atoms with E-state index in [1.807, 2.05) is 12.1 Å². The molecule has 0 heterocycles. The van der Waals surface area contributed by atoms with E-state index >= 15 is 0 Å². The number of nitriles is 2. The number of hydrogen-bond donors (Lipinski definition) is 1. The predicted octanol–water partition coefficient (Wildman–Crippen LogP) is 2.61. The Labute approximate surface area is 140 Å². The average Bonchev–Trinajstić information content (AvgIpc) is 2.36. The van der Waals surface area contributed by atoms with Crippen molar-refractivity contribution >= 4 is 47.6 Å². The topological polar surface area (TPSA) is 111 Å². The van der Waals surface area contributed by atoms with Gasteiger partial charge in [0.1, 0.15) is 4.90 Å². The van der Waals surface area contributed by atoms with Crippen LogP contribution in [0.25, 0.3) is 0 Å². The number of halogens is 2. The Bertz CT molecular complexity index is 666. The lowest BCUT2D eigenvalue weighted by molar-refractivity contribution is 0.424. The lowest BCUT2D eigenvalue weighted by Gasteiger charge is -2.21. The maximum Gasteiger partial charge on any atom is 0.245 e. The minimum atomic E-state index is -3.84. The minimum absolute atomic E-state index is 0.0315. The fourth-order valence-corrected chi connectivity index (χ4v) is 5.64. The van der Waals surface area contributed by atoms with Gasteiger partial charge in [-0.25, -0.2) is 8.42 Å². The molecular formula is C12H12Br2N4O2S. The van der Waals surface area contributed by atoms with Crippen LogP contribution < -0.4 is 5.73 Å². The molecule has 0 aliphatic rings. The summed E-state index contributed by atoms with van der Waals surface area (Å²) in [6.07, 6.45) is 0.101. The highest BCUT2D eigenvalue weighted by Crippen LogP contribution is 2.34. The van der Waals surface area contributed by atoms with Gasteiger partial charge in [-0.15, -0.1) is 0 Å². The number of anilines is 1. The fourth-order valence-electron chi connectivity index (χ4n) is 1.66. The van der Waals surface area contributed by atoms with E-state index in [0.717, 1.165) is 4.31 Å². The molecule has 0 amide bonds. The Morgan fingerprint density at radius 3 is 1.90 bits per heavy atom. The monoisotopic (exact) mass is 434 g/mol. The third-order valence-electron chi connectivity index (χ3n) is 2.56. The van der Waals surface area contributed by atoms with Crippen LogP contribution in [-0.2, 0) is 10.0 Å². The molecule has 0 saturated heterocycles. The summed E-state index contributed by atoms with van der Waals surface area (Å²) in [5.41, 5.74) is 6.06. The molecule has 0 fully saturated rings. The van der Waals surface area contributed by atoms with Gasteiger partial charge in [-0.1, -0.05) is 0 Å². The summed E-state index contributed by atoms with van der Waals surface area (Å²) in [5.74, 6) is 0. The number of rotatable bonds is 6. The van der Waals surface area contributed by atoms with Gasteiger partial charge in [0.25, 0.3) is 0 Å². The quantitative estimate of drug-likeness (QED) is 0.690. The average molecular weight is 436 g/mol. The Morgan fingerprint density at radius 2 is 1.52 bits per heavy atom. The van der Waals surface area contributed by atoms with E-state index in [-0.39, 0.29) is 30.8 Å². The maximum absolute atomic E-state index is 12.7. The van der Waals surface area contributed by atoms with Crippen molar-refractivity contribution in [1.29, 1.82) is 10.5 Å². The van der Waals surface area contributed by atoms with Gasteiger partial charge < -0.3 is 5.73 Å². The third-order valence-corrected chi connectivity index (χ3v) is 6.34. The highest BCUT2D eigenvalue weighted by Gasteiger charge is 2.28. The van der Waals surface area contributed by atoms with Crippen molar-refractivity contribution in [2.75, 3.05) is 18.8 Å². The van der Waals surface area contributed by atoms with E-state index in [2.05, 4.69) is 31.9 Å². The van der Waals surface area contributed by atoms with Gasteiger partial charge >= 0.3 is 0 Å². The first-order valence-corrected chi connectivity index (χ1v) is 8.85. The van der Waals surface area contributed by atoms with Crippen molar-refractivity contribution < 1.29 is 8.42 Å². The van der Waals surface area contributed by atoms with Gasteiger partial charge in [0.05, 0.1) is 12.1 Å². The van der Waals surface area contributed by atoms with Gasteiger partial charge in [0.15, 0.2) is 0 Å². The molecule has 0 aliphatic carbocycles. The maximum atomic E-state index is 12.7. The second-order valence-electron chi connectivity index (χ2n) is 4.03. The van der Waals surface area contributed by atoms with E-state index in [1.165, 1.54) is 12.1 Å². The molecule has 2 N–H and O–H groups in total. The standard InChI is InChI=1S/C12H12Br2N4O2S/c13-10-7-9(17)8-11(14)12(10)21(19,20)18(5-1-3-15)6-2-4-16/h7-8H,1-2,5-6,17H2. The molecule has 1 rings (SSSR count). The van der Waals surface area contributed by atoms with Crippen LogP contribution in [0, 0.1) is 22.7 Å². The molecule has 0 aromatic heterocycles. The van der Waals surface area contributed by atoms with Gasteiger partial charge in [0, 0.05) is 40.6 Å². The largest absolute Gasteiger partial charge is 0.399 e. The van der Waals surface area contributed by atoms with Crippen LogP contribution in [0.5, 0.6) is 0 Å². The van der Waals surface area contributed by atoms with Crippen molar-refractivity contribution in [3.63, 3.8) is 0 Å². The number of nitrogens with two attached hydrogens (primary N) is 1. The Hall–Kier alpha value is -1.13. The lowest BCUT2D eigenvalue weighted by atomic mass is 10.3. The van der Waals surface area contributed by atoms with Crippen molar-refractivity contribution in [3.8, 4) is 12.1 Å². The third kappa shape index (κ3) is 4.42. The summed E-state index contributed by atoms with van der Waals surface area (Å²) < 4.78 is 27.2. The highest BCUT2D eigenvalue weighted by atomic mass is 79.9. The van der Waals surface area contributed by atoms with Crippen LogP contribution in [0.1, 0.15) is 12.8 Å². The predicted molar refractivity (Wildman–Crippen MR) is 85.5 cm³/mol. The van der Waals surface area contributed by atoms with Gasteiger partial charge in [-0.05, 0) is 44.0 Å². The molecular weight excluding hydrogens is 424 g/mol. The molecule has 9 heteroatoms. The van der Waals surface area contributed by atoms with E-state index in [9.17, 15) is 8.42 Å². The molecule has 21 heavy (non-hydrogen) atoms. The van der Waals surface area contributed by atoms with Crippen LogP contribution >= 0.6 is 31.9 Å². The SMILES string of the molecule is N#CCCN(CCC#N)S(=O)(=O)c1c(Br)cc(N)cc1Br. The van der Waals surface area contributed by atoms with E-state index in [1.54, 1.807) is 0 Å². The van der Waals surface area contributed by atoms with Crippen molar-refractivity contribution in [2.45, 2.75) is 17.7 Å². The molecule has 112 valence electrons. The fraction of sp³-hybridized carbons (Fsp3) is 0.333. The molecule has 1 aromatic carbocycles. The van der Waals surface area contributed by atoms with Crippen LogP contribution in [0.3, 0.4) is 0 Å². The Morgan fingerprint density at radius 1 is 1.10 bits per heavy atom. The summed E-state index contributed by atoms with van der Waals surface area (Å²) in [7, 11) is -3.84. The lowest BCUT2D eigenvalue weighted by Crippen LogP contribution is -2.33. The smallest absolute Gasteiger partial charge is 0.245 e. The summed E-state index contributed by atoms with van der Waals surface area (Å²) in [6, 6.07) is 6.79. The zero-order valence-corrected chi connectivity index (χ0v) is 14.9. The summed E-state index contributed by atoms with van der Waals surface area (Å²) >= 11 is 6.39. The number of benzene rings is 1. The number of sulfonamides is 1. The summed E-state index contributed by atoms with van der Waals surface area (Å²) in [5, 5.41) is 17.3. The summed E-state index contributed by atoms with van der Waals surface area (Å²) in [4.78, 5) is 0.0348. The van der Waals surface area contributed by atoms with Crippen LogP contribution in [0.4, 0.5) is 5.69 Å². The van der Waals surface area contributed by atoms with Gasteiger partial charge in [-0.2, -0.15) is 14.8 Å². The second-order valence-corrected chi connectivity index (χ2v) is 7.62. The van der Waals surface area contributed by atoms with Crippen molar-refractivity contribution in [3.05, 3.63) is 21.1 Å².